The Labute approximate surface area is 157 Å². The summed E-state index contributed by atoms with van der Waals surface area (Å²) >= 11 is 1.66. The summed E-state index contributed by atoms with van der Waals surface area (Å²) in [6.07, 6.45) is 0. The van der Waals surface area contributed by atoms with Crippen LogP contribution in [0.5, 0.6) is 0 Å². The standard InChI is InChI=1S/C22H17N3S/c23-22-24-19(16-10-4-1-5-11-16)21(26-18-14-8-3-9-15-18)20(25-22)17-12-6-2-7-13-17/h1-15H,(H2,23,24,25). The van der Waals surface area contributed by atoms with E-state index in [-0.39, 0.29) is 5.95 Å². The number of nitrogens with zero attached hydrogens (tertiary/aromatic N) is 2. The van der Waals surface area contributed by atoms with Gasteiger partial charge in [0.2, 0.25) is 5.95 Å². The van der Waals surface area contributed by atoms with Gasteiger partial charge < -0.3 is 5.73 Å². The molecule has 0 aliphatic heterocycles. The lowest BCUT2D eigenvalue weighted by atomic mass is 10.1. The van der Waals surface area contributed by atoms with Crippen LogP contribution in [0.1, 0.15) is 0 Å². The van der Waals surface area contributed by atoms with Gasteiger partial charge in [-0.25, -0.2) is 9.97 Å². The molecule has 0 spiro atoms. The van der Waals surface area contributed by atoms with Crippen LogP contribution in [-0.2, 0) is 0 Å². The van der Waals surface area contributed by atoms with Crippen LogP contribution in [0.25, 0.3) is 22.5 Å². The molecule has 126 valence electrons. The van der Waals surface area contributed by atoms with E-state index in [1.54, 1.807) is 11.8 Å². The van der Waals surface area contributed by atoms with E-state index < -0.39 is 0 Å². The maximum Gasteiger partial charge on any atom is 0.221 e. The molecule has 3 nitrogen and oxygen atoms in total. The molecule has 4 heteroatoms. The zero-order valence-corrected chi connectivity index (χ0v) is 14.9. The lowest BCUT2D eigenvalue weighted by molar-refractivity contribution is 1.13. The molecule has 2 N–H and O–H groups in total. The molecule has 0 aliphatic carbocycles. The van der Waals surface area contributed by atoms with Crippen molar-refractivity contribution < 1.29 is 0 Å². The molecule has 0 atom stereocenters. The average molecular weight is 355 g/mol. The summed E-state index contributed by atoms with van der Waals surface area (Å²) in [5.74, 6) is 0.278. The lowest BCUT2D eigenvalue weighted by Gasteiger charge is -2.14. The third-order valence-corrected chi connectivity index (χ3v) is 5.04. The fourth-order valence-corrected chi connectivity index (χ4v) is 3.80. The molecule has 0 saturated carbocycles. The first-order chi connectivity index (χ1) is 12.8. The molecular formula is C22H17N3S. The fraction of sp³-hybridized carbons (Fsp3) is 0. The second-order valence-corrected chi connectivity index (χ2v) is 6.84. The summed E-state index contributed by atoms with van der Waals surface area (Å²) in [5, 5.41) is 0. The molecule has 0 amide bonds. The fourth-order valence-electron chi connectivity index (χ4n) is 2.75. The number of aromatic nitrogens is 2. The van der Waals surface area contributed by atoms with E-state index >= 15 is 0 Å². The van der Waals surface area contributed by atoms with Crippen molar-refractivity contribution in [3.8, 4) is 22.5 Å². The molecule has 1 heterocycles. The van der Waals surface area contributed by atoms with Crippen LogP contribution in [-0.4, -0.2) is 9.97 Å². The van der Waals surface area contributed by atoms with Gasteiger partial charge in [-0.3, -0.25) is 0 Å². The number of nitrogen functional groups attached to an aromatic ring is 1. The summed E-state index contributed by atoms with van der Waals surface area (Å²) in [7, 11) is 0. The van der Waals surface area contributed by atoms with E-state index in [1.807, 2.05) is 78.9 Å². The Balaban J connectivity index is 1.95. The van der Waals surface area contributed by atoms with Gasteiger partial charge in [0.25, 0.3) is 0 Å². The molecule has 0 radical (unpaired) electrons. The average Bonchev–Trinajstić information content (AvgIpc) is 2.71. The van der Waals surface area contributed by atoms with Crippen LogP contribution in [0.3, 0.4) is 0 Å². The summed E-state index contributed by atoms with van der Waals surface area (Å²) in [6.45, 7) is 0. The first kappa shape index (κ1) is 16.4. The van der Waals surface area contributed by atoms with Crippen molar-refractivity contribution in [1.82, 2.24) is 9.97 Å². The zero-order valence-electron chi connectivity index (χ0n) is 14.0. The Morgan fingerprint density at radius 1 is 0.577 bits per heavy atom. The molecule has 0 unspecified atom stereocenters. The van der Waals surface area contributed by atoms with Crippen molar-refractivity contribution in [1.29, 1.82) is 0 Å². The highest BCUT2D eigenvalue weighted by Gasteiger charge is 2.17. The van der Waals surface area contributed by atoms with E-state index in [4.69, 9.17) is 5.73 Å². The Morgan fingerprint density at radius 2 is 1.00 bits per heavy atom. The lowest BCUT2D eigenvalue weighted by Crippen LogP contribution is -2.02. The molecule has 26 heavy (non-hydrogen) atoms. The van der Waals surface area contributed by atoms with E-state index in [2.05, 4.69) is 22.1 Å². The maximum absolute atomic E-state index is 6.06. The van der Waals surface area contributed by atoms with E-state index in [1.165, 1.54) is 0 Å². The monoisotopic (exact) mass is 355 g/mol. The number of anilines is 1. The van der Waals surface area contributed by atoms with Crippen molar-refractivity contribution in [2.75, 3.05) is 5.73 Å². The van der Waals surface area contributed by atoms with Gasteiger partial charge >= 0.3 is 0 Å². The zero-order chi connectivity index (χ0) is 17.8. The second-order valence-electron chi connectivity index (χ2n) is 5.76. The first-order valence-electron chi connectivity index (χ1n) is 8.32. The van der Waals surface area contributed by atoms with Crippen LogP contribution in [0.15, 0.2) is 101 Å². The predicted octanol–water partition coefficient (Wildman–Crippen LogP) is 5.54. The van der Waals surface area contributed by atoms with Gasteiger partial charge in [-0.15, -0.1) is 0 Å². The topological polar surface area (TPSA) is 51.8 Å². The van der Waals surface area contributed by atoms with Crippen LogP contribution in [0, 0.1) is 0 Å². The third kappa shape index (κ3) is 3.46. The Kier molecular flexibility index (Phi) is 4.67. The Morgan fingerprint density at radius 3 is 1.46 bits per heavy atom. The number of hydrogen-bond donors (Lipinski definition) is 1. The van der Waals surface area contributed by atoms with Gasteiger partial charge in [0, 0.05) is 16.0 Å². The van der Waals surface area contributed by atoms with Gasteiger partial charge in [0.1, 0.15) is 0 Å². The number of benzene rings is 3. The largest absolute Gasteiger partial charge is 0.368 e. The Bertz CT molecular complexity index is 943. The van der Waals surface area contributed by atoms with Crippen molar-refractivity contribution >= 4 is 17.7 Å². The second kappa shape index (κ2) is 7.42. The number of hydrogen-bond acceptors (Lipinski definition) is 4. The maximum atomic E-state index is 6.06. The van der Waals surface area contributed by atoms with Gasteiger partial charge in [0.15, 0.2) is 0 Å². The van der Waals surface area contributed by atoms with E-state index in [0.29, 0.717) is 0 Å². The molecule has 3 aromatic carbocycles. The smallest absolute Gasteiger partial charge is 0.221 e. The summed E-state index contributed by atoms with van der Waals surface area (Å²) < 4.78 is 0. The highest BCUT2D eigenvalue weighted by atomic mass is 32.2. The molecule has 0 fully saturated rings. The highest BCUT2D eigenvalue weighted by Crippen LogP contribution is 2.41. The Hall–Kier alpha value is -3.11. The minimum Gasteiger partial charge on any atom is -0.368 e. The van der Waals surface area contributed by atoms with Crippen molar-refractivity contribution in [3.05, 3.63) is 91.0 Å². The molecule has 4 aromatic rings. The van der Waals surface area contributed by atoms with Crippen LogP contribution in [0.2, 0.25) is 0 Å². The van der Waals surface area contributed by atoms with Gasteiger partial charge in [0.05, 0.1) is 16.3 Å². The minimum atomic E-state index is 0.278. The van der Waals surface area contributed by atoms with Gasteiger partial charge in [-0.05, 0) is 12.1 Å². The van der Waals surface area contributed by atoms with E-state index in [9.17, 15) is 0 Å². The molecule has 4 rings (SSSR count). The molecule has 0 aliphatic rings. The first-order valence-corrected chi connectivity index (χ1v) is 9.14. The number of rotatable bonds is 4. The van der Waals surface area contributed by atoms with Crippen molar-refractivity contribution in [3.63, 3.8) is 0 Å². The normalized spacial score (nSPS) is 10.6. The minimum absolute atomic E-state index is 0.278. The van der Waals surface area contributed by atoms with Crippen molar-refractivity contribution in [2.24, 2.45) is 0 Å². The van der Waals surface area contributed by atoms with Crippen molar-refractivity contribution in [2.45, 2.75) is 9.79 Å². The van der Waals surface area contributed by atoms with Crippen LogP contribution < -0.4 is 5.73 Å². The summed E-state index contributed by atoms with van der Waals surface area (Å²) in [6, 6.07) is 30.5. The highest BCUT2D eigenvalue weighted by molar-refractivity contribution is 7.99. The molecule has 1 aromatic heterocycles. The summed E-state index contributed by atoms with van der Waals surface area (Å²) in [4.78, 5) is 11.3. The predicted molar refractivity (Wildman–Crippen MR) is 108 cm³/mol. The third-order valence-electron chi connectivity index (χ3n) is 3.94. The van der Waals surface area contributed by atoms with Crippen LogP contribution >= 0.6 is 11.8 Å². The van der Waals surface area contributed by atoms with Gasteiger partial charge in [-0.2, -0.15) is 0 Å². The molecule has 0 saturated heterocycles. The number of nitrogens with two attached hydrogens (primary N) is 1. The molecule has 0 bridgehead atoms. The van der Waals surface area contributed by atoms with E-state index in [0.717, 1.165) is 32.3 Å². The summed E-state index contributed by atoms with van der Waals surface area (Å²) in [5.41, 5.74) is 9.82. The SMILES string of the molecule is Nc1nc(-c2ccccc2)c(Sc2ccccc2)c(-c2ccccc2)n1. The quantitative estimate of drug-likeness (QED) is 0.522. The molecular weight excluding hydrogens is 338 g/mol. The van der Waals surface area contributed by atoms with Gasteiger partial charge in [-0.1, -0.05) is 90.6 Å². The van der Waals surface area contributed by atoms with Crippen LogP contribution in [0.4, 0.5) is 5.95 Å².